The zero-order chi connectivity index (χ0) is 15.5. The third kappa shape index (κ3) is 4.64. The molecule has 0 aliphatic heterocycles. The molecular formula is C14H13F3N2OS. The van der Waals surface area contributed by atoms with E-state index in [4.69, 9.17) is 5.73 Å². The van der Waals surface area contributed by atoms with Crippen molar-refractivity contribution in [3.05, 3.63) is 53.7 Å². The Balaban J connectivity index is 2.06. The number of aromatic nitrogens is 1. The summed E-state index contributed by atoms with van der Waals surface area (Å²) in [4.78, 5) is 4.00. The zero-order valence-corrected chi connectivity index (χ0v) is 11.7. The smallest absolute Gasteiger partial charge is 0.388 e. The van der Waals surface area contributed by atoms with Gasteiger partial charge < -0.3 is 10.8 Å². The summed E-state index contributed by atoms with van der Waals surface area (Å²) in [6.45, 7) is 0. The van der Waals surface area contributed by atoms with Crippen LogP contribution >= 0.6 is 11.8 Å². The highest BCUT2D eigenvalue weighted by Gasteiger charge is 2.29. The van der Waals surface area contributed by atoms with E-state index in [1.54, 1.807) is 18.3 Å². The monoisotopic (exact) mass is 314 g/mol. The average Bonchev–Trinajstić information content (AvgIpc) is 2.40. The lowest BCUT2D eigenvalue weighted by molar-refractivity contribution is -0.0328. The average molecular weight is 314 g/mol. The largest absolute Gasteiger partial charge is 0.446 e. The number of nitrogens with two attached hydrogens (primary N) is 1. The molecule has 2 rings (SSSR count). The summed E-state index contributed by atoms with van der Waals surface area (Å²) in [5, 5.41) is 10.1. The fraction of sp³-hybridized carbons (Fsp3) is 0.214. The lowest BCUT2D eigenvalue weighted by atomic mass is 10.0. The summed E-state index contributed by atoms with van der Waals surface area (Å²) in [5.74, 6) is 0.334. The predicted octanol–water partition coefficient (Wildman–Crippen LogP) is 3.55. The molecule has 7 heteroatoms. The number of hydrogen-bond acceptors (Lipinski definition) is 4. The van der Waals surface area contributed by atoms with Crippen molar-refractivity contribution in [1.82, 2.24) is 4.98 Å². The van der Waals surface area contributed by atoms with Crippen LogP contribution in [0.4, 0.5) is 19.0 Å². The summed E-state index contributed by atoms with van der Waals surface area (Å²) in [5.41, 5.74) is 2.60. The maximum Gasteiger partial charge on any atom is 0.446 e. The number of benzene rings is 1. The van der Waals surface area contributed by atoms with Crippen molar-refractivity contribution < 1.29 is 18.3 Å². The number of thioether (sulfide) groups is 1. The van der Waals surface area contributed by atoms with E-state index in [2.05, 4.69) is 4.98 Å². The van der Waals surface area contributed by atoms with Crippen LogP contribution in [0, 0.1) is 0 Å². The fourth-order valence-electron chi connectivity index (χ4n) is 1.84. The minimum atomic E-state index is -4.32. The molecular weight excluding hydrogens is 301 g/mol. The number of alkyl halides is 3. The third-order valence-electron chi connectivity index (χ3n) is 2.84. The molecule has 0 saturated carbocycles. The maximum absolute atomic E-state index is 12.2. The van der Waals surface area contributed by atoms with Gasteiger partial charge in [0.05, 0.1) is 6.10 Å². The summed E-state index contributed by atoms with van der Waals surface area (Å²) >= 11 is -0.184. The van der Waals surface area contributed by atoms with Crippen LogP contribution in [0.2, 0.25) is 0 Å². The Hall–Kier alpha value is -1.73. The van der Waals surface area contributed by atoms with Gasteiger partial charge in [0.2, 0.25) is 0 Å². The van der Waals surface area contributed by atoms with E-state index < -0.39 is 11.6 Å². The summed E-state index contributed by atoms with van der Waals surface area (Å²) < 4.78 is 36.7. The Kier molecular flexibility index (Phi) is 4.74. The van der Waals surface area contributed by atoms with Crippen molar-refractivity contribution in [3.8, 4) is 0 Å². The van der Waals surface area contributed by atoms with E-state index in [1.807, 2.05) is 0 Å². The second-order valence-electron chi connectivity index (χ2n) is 4.38. The van der Waals surface area contributed by atoms with Gasteiger partial charge in [-0.05, 0) is 41.1 Å². The second-order valence-corrected chi connectivity index (χ2v) is 5.52. The number of nitrogen functional groups attached to an aromatic ring is 1. The van der Waals surface area contributed by atoms with Gasteiger partial charge in [0.15, 0.2) is 0 Å². The minimum Gasteiger partial charge on any atom is -0.388 e. The van der Waals surface area contributed by atoms with Crippen LogP contribution in [0.5, 0.6) is 0 Å². The summed E-state index contributed by atoms with van der Waals surface area (Å²) in [7, 11) is 0. The van der Waals surface area contributed by atoms with E-state index in [0.717, 1.165) is 0 Å². The molecule has 0 fully saturated rings. The molecule has 21 heavy (non-hydrogen) atoms. The van der Waals surface area contributed by atoms with Crippen molar-refractivity contribution in [3.63, 3.8) is 0 Å². The lowest BCUT2D eigenvalue weighted by Gasteiger charge is -2.13. The van der Waals surface area contributed by atoms with Crippen LogP contribution in [0.1, 0.15) is 17.2 Å². The van der Waals surface area contributed by atoms with E-state index in [1.165, 1.54) is 24.3 Å². The van der Waals surface area contributed by atoms with Crippen molar-refractivity contribution in [2.45, 2.75) is 22.9 Å². The summed E-state index contributed by atoms with van der Waals surface area (Å²) in [6.07, 6.45) is 0.959. The Labute approximate surface area is 124 Å². The number of anilines is 1. The first-order valence-electron chi connectivity index (χ1n) is 6.08. The Morgan fingerprint density at radius 3 is 2.43 bits per heavy atom. The second kappa shape index (κ2) is 6.36. The van der Waals surface area contributed by atoms with Crippen molar-refractivity contribution in [2.24, 2.45) is 0 Å². The number of pyridine rings is 1. The highest BCUT2D eigenvalue weighted by Crippen LogP contribution is 2.37. The Morgan fingerprint density at radius 2 is 1.86 bits per heavy atom. The molecule has 0 saturated heterocycles. The molecule has 2 aromatic rings. The highest BCUT2D eigenvalue weighted by atomic mass is 32.2. The number of halogens is 3. The van der Waals surface area contributed by atoms with Gasteiger partial charge in [-0.2, -0.15) is 13.2 Å². The normalized spacial score (nSPS) is 13.1. The van der Waals surface area contributed by atoms with Crippen LogP contribution < -0.4 is 5.73 Å². The van der Waals surface area contributed by atoms with Crippen LogP contribution in [0.25, 0.3) is 0 Å². The number of rotatable bonds is 4. The van der Waals surface area contributed by atoms with Crippen molar-refractivity contribution in [2.75, 3.05) is 5.73 Å². The standard InChI is InChI=1S/C14H13F3N2OS/c15-14(16,17)21-11-5-3-9(4-6-11)12(20)8-10-2-1-7-19-13(10)18/h1-7,12,20H,8H2,(H2,18,19). The van der Waals surface area contributed by atoms with Gasteiger partial charge in [0, 0.05) is 17.5 Å². The molecule has 0 bridgehead atoms. The number of aliphatic hydroxyl groups is 1. The molecule has 1 unspecified atom stereocenters. The first-order chi connectivity index (χ1) is 9.85. The zero-order valence-electron chi connectivity index (χ0n) is 10.8. The molecule has 0 spiro atoms. The van der Waals surface area contributed by atoms with Gasteiger partial charge in [0.1, 0.15) is 5.82 Å². The van der Waals surface area contributed by atoms with Crippen LogP contribution in [-0.4, -0.2) is 15.6 Å². The van der Waals surface area contributed by atoms with Gasteiger partial charge in [-0.25, -0.2) is 4.98 Å². The van der Waals surface area contributed by atoms with Crippen LogP contribution in [-0.2, 0) is 6.42 Å². The molecule has 112 valence electrons. The molecule has 0 aliphatic rings. The Bertz CT molecular complexity index is 602. The fourth-order valence-corrected chi connectivity index (χ4v) is 2.38. The molecule has 1 aromatic carbocycles. The van der Waals surface area contributed by atoms with Crippen LogP contribution in [0.3, 0.4) is 0 Å². The first-order valence-corrected chi connectivity index (χ1v) is 6.90. The number of hydrogen-bond donors (Lipinski definition) is 2. The molecule has 1 aromatic heterocycles. The third-order valence-corrected chi connectivity index (χ3v) is 3.58. The van der Waals surface area contributed by atoms with E-state index in [-0.39, 0.29) is 23.1 Å². The quantitative estimate of drug-likeness (QED) is 0.847. The number of aliphatic hydroxyl groups excluding tert-OH is 1. The highest BCUT2D eigenvalue weighted by molar-refractivity contribution is 8.00. The molecule has 1 heterocycles. The van der Waals surface area contributed by atoms with Gasteiger partial charge in [-0.15, -0.1) is 0 Å². The molecule has 0 amide bonds. The molecule has 0 radical (unpaired) electrons. The van der Waals surface area contributed by atoms with E-state index in [9.17, 15) is 18.3 Å². The molecule has 3 nitrogen and oxygen atoms in total. The summed E-state index contributed by atoms with van der Waals surface area (Å²) in [6, 6.07) is 9.09. The maximum atomic E-state index is 12.2. The molecule has 3 N–H and O–H groups in total. The minimum absolute atomic E-state index is 0.0827. The molecule has 0 aliphatic carbocycles. The predicted molar refractivity (Wildman–Crippen MR) is 75.7 cm³/mol. The van der Waals surface area contributed by atoms with Crippen LogP contribution in [0.15, 0.2) is 47.5 Å². The lowest BCUT2D eigenvalue weighted by Crippen LogP contribution is -2.05. The van der Waals surface area contributed by atoms with Gasteiger partial charge in [0.25, 0.3) is 0 Å². The van der Waals surface area contributed by atoms with Gasteiger partial charge in [-0.1, -0.05) is 18.2 Å². The van der Waals surface area contributed by atoms with E-state index >= 15 is 0 Å². The molecule has 1 atom stereocenters. The van der Waals surface area contributed by atoms with E-state index in [0.29, 0.717) is 16.9 Å². The first kappa shape index (κ1) is 15.7. The number of nitrogens with zero attached hydrogens (tertiary/aromatic N) is 1. The Morgan fingerprint density at radius 1 is 1.19 bits per heavy atom. The van der Waals surface area contributed by atoms with Gasteiger partial charge in [-0.3, -0.25) is 0 Å². The van der Waals surface area contributed by atoms with Crippen molar-refractivity contribution >= 4 is 17.6 Å². The van der Waals surface area contributed by atoms with Crippen molar-refractivity contribution in [1.29, 1.82) is 0 Å². The topological polar surface area (TPSA) is 59.1 Å². The SMILES string of the molecule is Nc1ncccc1CC(O)c1ccc(SC(F)(F)F)cc1. The van der Waals surface area contributed by atoms with Gasteiger partial charge >= 0.3 is 5.51 Å².